The van der Waals surface area contributed by atoms with Crippen molar-refractivity contribution in [2.75, 3.05) is 26.0 Å². The third-order valence-corrected chi connectivity index (χ3v) is 3.84. The molecule has 0 aliphatic carbocycles. The van der Waals surface area contributed by atoms with Gasteiger partial charge < -0.3 is 15.0 Å². The molecular weight excluding hydrogens is 316 g/mol. The first-order valence-electron chi connectivity index (χ1n) is 7.01. The zero-order chi connectivity index (χ0) is 15.9. The van der Waals surface area contributed by atoms with Gasteiger partial charge in [-0.2, -0.15) is 0 Å². The molecule has 0 saturated heterocycles. The largest absolute Gasteiger partial charge is 0.492 e. The molecule has 0 radical (unpaired) electrons. The van der Waals surface area contributed by atoms with Gasteiger partial charge in [-0.15, -0.1) is 0 Å². The Hall–Kier alpha value is -1.78. The zero-order valence-electron chi connectivity index (χ0n) is 12.7. The van der Waals surface area contributed by atoms with Crippen molar-refractivity contribution in [2.45, 2.75) is 6.42 Å². The van der Waals surface area contributed by atoms with Crippen molar-refractivity contribution in [1.82, 2.24) is 4.90 Å². The van der Waals surface area contributed by atoms with Crippen LogP contribution in [0.15, 0.2) is 48.5 Å². The van der Waals surface area contributed by atoms with E-state index in [2.05, 4.69) is 17.4 Å². The van der Waals surface area contributed by atoms with Crippen molar-refractivity contribution in [3.63, 3.8) is 0 Å². The maximum atomic E-state index is 6.25. The lowest BCUT2D eigenvalue weighted by Crippen LogP contribution is -2.26. The van der Waals surface area contributed by atoms with Crippen LogP contribution < -0.4 is 10.1 Å². The van der Waals surface area contributed by atoms with E-state index in [-0.39, 0.29) is 0 Å². The number of rotatable bonds is 5. The van der Waals surface area contributed by atoms with E-state index in [1.165, 1.54) is 5.56 Å². The Labute approximate surface area is 141 Å². The van der Waals surface area contributed by atoms with Crippen molar-refractivity contribution in [3.05, 3.63) is 59.1 Å². The van der Waals surface area contributed by atoms with Gasteiger partial charge in [-0.25, -0.2) is 0 Å². The number of hydrogen-bond acceptors (Lipinski definition) is 2. The lowest BCUT2D eigenvalue weighted by molar-refractivity contribution is 0.322. The van der Waals surface area contributed by atoms with Gasteiger partial charge in [0.2, 0.25) is 0 Å². The quantitative estimate of drug-likeness (QED) is 0.827. The highest BCUT2D eigenvalue weighted by Gasteiger charge is 2.05. The highest BCUT2D eigenvalue weighted by atomic mass is 35.5. The van der Waals surface area contributed by atoms with E-state index in [4.69, 9.17) is 28.6 Å². The molecular formula is C17H19ClN2OS. The van der Waals surface area contributed by atoms with Gasteiger partial charge in [-0.1, -0.05) is 41.9 Å². The Morgan fingerprint density at radius 1 is 1.18 bits per heavy atom. The van der Waals surface area contributed by atoms with Gasteiger partial charge in [0.15, 0.2) is 5.11 Å². The summed E-state index contributed by atoms with van der Waals surface area (Å²) in [5, 5.41) is 4.31. The number of anilines is 1. The summed E-state index contributed by atoms with van der Waals surface area (Å²) in [6.45, 7) is 0.590. The van der Waals surface area contributed by atoms with Crippen LogP contribution >= 0.6 is 23.8 Å². The van der Waals surface area contributed by atoms with Crippen LogP contribution in [0.4, 0.5) is 5.69 Å². The van der Waals surface area contributed by atoms with Gasteiger partial charge >= 0.3 is 0 Å². The second kappa shape index (κ2) is 8.01. The molecule has 2 aromatic rings. The number of benzene rings is 2. The first-order chi connectivity index (χ1) is 10.6. The summed E-state index contributed by atoms with van der Waals surface area (Å²) in [5.41, 5.74) is 2.09. The average molecular weight is 335 g/mol. The minimum absolute atomic E-state index is 0.569. The van der Waals surface area contributed by atoms with Gasteiger partial charge in [0.05, 0.1) is 11.6 Å². The van der Waals surface area contributed by atoms with Crippen LogP contribution in [0.2, 0.25) is 5.02 Å². The van der Waals surface area contributed by atoms with Crippen LogP contribution in [0.1, 0.15) is 5.56 Å². The average Bonchev–Trinajstić information content (AvgIpc) is 2.50. The highest BCUT2D eigenvalue weighted by Crippen LogP contribution is 2.28. The van der Waals surface area contributed by atoms with E-state index in [9.17, 15) is 0 Å². The Bertz CT molecular complexity index is 632. The Balaban J connectivity index is 1.91. The van der Waals surface area contributed by atoms with E-state index in [1.807, 2.05) is 55.4 Å². The molecule has 116 valence electrons. The van der Waals surface area contributed by atoms with E-state index >= 15 is 0 Å². The summed E-state index contributed by atoms with van der Waals surface area (Å²) in [5.74, 6) is 0.680. The minimum Gasteiger partial charge on any atom is -0.492 e. The van der Waals surface area contributed by atoms with E-state index < -0.39 is 0 Å². The van der Waals surface area contributed by atoms with Gasteiger partial charge in [0, 0.05) is 26.2 Å². The van der Waals surface area contributed by atoms with Crippen molar-refractivity contribution in [3.8, 4) is 5.75 Å². The molecule has 0 aliphatic heterocycles. The van der Waals surface area contributed by atoms with Crippen molar-refractivity contribution >= 4 is 34.6 Å². The van der Waals surface area contributed by atoms with E-state index in [1.54, 1.807) is 0 Å². The number of nitrogens with one attached hydrogen (secondary N) is 1. The van der Waals surface area contributed by atoms with Crippen LogP contribution in [-0.2, 0) is 6.42 Å². The molecule has 0 amide bonds. The van der Waals surface area contributed by atoms with Crippen molar-refractivity contribution in [1.29, 1.82) is 0 Å². The SMILES string of the molecule is CN(C)C(=S)Nc1ccc(OCCc2ccccc2)c(Cl)c1. The molecule has 0 spiro atoms. The van der Waals surface area contributed by atoms with Crippen LogP contribution in [0.25, 0.3) is 0 Å². The summed E-state index contributed by atoms with van der Waals surface area (Å²) in [6, 6.07) is 15.8. The molecule has 5 heteroatoms. The maximum absolute atomic E-state index is 6.25. The zero-order valence-corrected chi connectivity index (χ0v) is 14.2. The lowest BCUT2D eigenvalue weighted by Gasteiger charge is -2.16. The summed E-state index contributed by atoms with van der Waals surface area (Å²) in [7, 11) is 3.77. The molecule has 0 saturated carbocycles. The predicted octanol–water partition coefficient (Wildman–Crippen LogP) is 4.22. The molecule has 0 bridgehead atoms. The molecule has 0 atom stereocenters. The molecule has 0 aromatic heterocycles. The Morgan fingerprint density at radius 2 is 1.91 bits per heavy atom. The molecule has 0 heterocycles. The fourth-order valence-corrected chi connectivity index (χ4v) is 2.21. The van der Waals surface area contributed by atoms with Crippen LogP contribution in [0, 0.1) is 0 Å². The Morgan fingerprint density at radius 3 is 2.55 bits per heavy atom. The normalized spacial score (nSPS) is 10.1. The summed E-state index contributed by atoms with van der Waals surface area (Å²) < 4.78 is 5.75. The first-order valence-corrected chi connectivity index (χ1v) is 7.79. The second-order valence-electron chi connectivity index (χ2n) is 5.05. The molecule has 1 N–H and O–H groups in total. The van der Waals surface area contributed by atoms with Crippen LogP contribution in [0.3, 0.4) is 0 Å². The maximum Gasteiger partial charge on any atom is 0.172 e. The fraction of sp³-hybridized carbons (Fsp3) is 0.235. The molecule has 2 aromatic carbocycles. The molecule has 0 fully saturated rings. The molecule has 3 nitrogen and oxygen atoms in total. The van der Waals surface area contributed by atoms with E-state index in [0.29, 0.717) is 22.5 Å². The predicted molar refractivity (Wildman–Crippen MR) is 97.0 cm³/mol. The fourth-order valence-electron chi connectivity index (χ4n) is 1.85. The van der Waals surface area contributed by atoms with Gasteiger partial charge in [0.25, 0.3) is 0 Å². The number of ether oxygens (including phenoxy) is 1. The number of thiocarbonyl (C=S) groups is 1. The van der Waals surface area contributed by atoms with Crippen molar-refractivity contribution in [2.24, 2.45) is 0 Å². The Kier molecular flexibility index (Phi) is 6.04. The molecule has 0 aliphatic rings. The summed E-state index contributed by atoms with van der Waals surface area (Å²) >= 11 is 11.5. The number of hydrogen-bond donors (Lipinski definition) is 1. The smallest absolute Gasteiger partial charge is 0.172 e. The van der Waals surface area contributed by atoms with Gasteiger partial charge in [-0.05, 0) is 36.0 Å². The minimum atomic E-state index is 0.569. The third-order valence-electron chi connectivity index (χ3n) is 3.08. The van der Waals surface area contributed by atoms with E-state index in [0.717, 1.165) is 12.1 Å². The molecule has 22 heavy (non-hydrogen) atoms. The van der Waals surface area contributed by atoms with Crippen molar-refractivity contribution < 1.29 is 4.74 Å². The van der Waals surface area contributed by atoms with Crippen LogP contribution in [0.5, 0.6) is 5.75 Å². The number of halogens is 1. The topological polar surface area (TPSA) is 24.5 Å². The lowest BCUT2D eigenvalue weighted by atomic mass is 10.2. The van der Waals surface area contributed by atoms with Crippen LogP contribution in [-0.4, -0.2) is 30.7 Å². The van der Waals surface area contributed by atoms with Gasteiger partial charge in [0.1, 0.15) is 5.75 Å². The second-order valence-corrected chi connectivity index (χ2v) is 5.85. The highest BCUT2D eigenvalue weighted by molar-refractivity contribution is 7.80. The molecule has 2 rings (SSSR count). The summed E-state index contributed by atoms with van der Waals surface area (Å²) in [4.78, 5) is 1.83. The monoisotopic (exact) mass is 334 g/mol. The summed E-state index contributed by atoms with van der Waals surface area (Å²) in [6.07, 6.45) is 0.849. The third kappa shape index (κ3) is 4.90. The number of nitrogens with zero attached hydrogens (tertiary/aromatic N) is 1. The molecule has 0 unspecified atom stereocenters. The van der Waals surface area contributed by atoms with Gasteiger partial charge in [-0.3, -0.25) is 0 Å². The first kappa shape index (κ1) is 16.6. The standard InChI is InChI=1S/C17H19ClN2OS/c1-20(2)17(22)19-14-8-9-16(15(18)12-14)21-11-10-13-6-4-3-5-7-13/h3-9,12H,10-11H2,1-2H3,(H,19,22).